The van der Waals surface area contributed by atoms with Crippen LogP contribution in [0.15, 0.2) is 42.5 Å². The van der Waals surface area contributed by atoms with E-state index in [0.29, 0.717) is 0 Å². The van der Waals surface area contributed by atoms with E-state index >= 15 is 0 Å². The van der Waals surface area contributed by atoms with E-state index in [1.54, 1.807) is 0 Å². The minimum Gasteiger partial charge on any atom is -0.480 e. The molecule has 2 N–H and O–H groups in total. The van der Waals surface area contributed by atoms with Crippen LogP contribution in [0.25, 0.3) is 10.8 Å². The van der Waals surface area contributed by atoms with Crippen molar-refractivity contribution >= 4 is 35.3 Å². The summed E-state index contributed by atoms with van der Waals surface area (Å²) in [5.74, 6) is -1.29. The molecule has 4 nitrogen and oxygen atoms in total. The van der Waals surface area contributed by atoms with Crippen molar-refractivity contribution in [2.45, 2.75) is 38.0 Å². The molecule has 0 aromatic heterocycles. The molecule has 0 unspecified atom stereocenters. The van der Waals surface area contributed by atoms with Gasteiger partial charge in [0.15, 0.2) is 0 Å². The van der Waals surface area contributed by atoms with Crippen LogP contribution in [0.4, 0.5) is 0 Å². The summed E-state index contributed by atoms with van der Waals surface area (Å²) in [7, 11) is 0. The van der Waals surface area contributed by atoms with Crippen LogP contribution in [0.1, 0.15) is 25.8 Å². The number of aliphatic carboxylic acids is 1. The number of carboxylic acid groups (broad SMARTS) is 1. The molecule has 3 atom stereocenters. The molecule has 2 aromatic rings. The summed E-state index contributed by atoms with van der Waals surface area (Å²) >= 11 is 4.32. The van der Waals surface area contributed by atoms with Gasteiger partial charge in [0.1, 0.15) is 6.04 Å². The number of hydrogen-bond donors (Lipinski definition) is 3. The third-order valence-corrected chi connectivity index (χ3v) is 5.11. The topological polar surface area (TPSA) is 66.4 Å². The van der Waals surface area contributed by atoms with Crippen LogP contribution in [-0.2, 0) is 16.0 Å². The molecule has 24 heavy (non-hydrogen) atoms. The molecular weight excluding hydrogens is 322 g/mol. The number of thiol groups is 1. The monoisotopic (exact) mass is 345 g/mol. The average molecular weight is 345 g/mol. The fourth-order valence-electron chi connectivity index (χ4n) is 2.63. The van der Waals surface area contributed by atoms with Gasteiger partial charge in [0.2, 0.25) is 5.91 Å². The molecule has 0 saturated carbocycles. The molecule has 0 fully saturated rings. The lowest BCUT2D eigenvalue weighted by Gasteiger charge is -2.21. The smallest absolute Gasteiger partial charge is 0.326 e. The Bertz CT molecular complexity index is 726. The molecule has 2 rings (SSSR count). The van der Waals surface area contributed by atoms with Crippen LogP contribution in [0.2, 0.25) is 0 Å². The molecular formula is C19H23NO3S. The van der Waals surface area contributed by atoms with E-state index in [2.05, 4.69) is 17.9 Å². The summed E-state index contributed by atoms with van der Waals surface area (Å²) < 4.78 is 0. The Morgan fingerprint density at radius 1 is 1.17 bits per heavy atom. The molecule has 0 aliphatic heterocycles. The second kappa shape index (κ2) is 8.20. The van der Waals surface area contributed by atoms with Crippen LogP contribution >= 0.6 is 12.6 Å². The Labute approximate surface area is 147 Å². The Balaban J connectivity index is 2.19. The lowest BCUT2D eigenvalue weighted by Crippen LogP contribution is -2.46. The number of carboxylic acids is 1. The van der Waals surface area contributed by atoms with Gasteiger partial charge in [-0.3, -0.25) is 4.79 Å². The second-order valence-corrected chi connectivity index (χ2v) is 6.63. The van der Waals surface area contributed by atoms with Gasteiger partial charge in [0, 0.05) is 6.42 Å². The van der Waals surface area contributed by atoms with Crippen LogP contribution in [0.5, 0.6) is 0 Å². The number of nitrogens with one attached hydrogen (secondary N) is 1. The Morgan fingerprint density at radius 3 is 2.50 bits per heavy atom. The molecule has 0 bridgehead atoms. The first-order chi connectivity index (χ1) is 11.4. The zero-order valence-corrected chi connectivity index (χ0v) is 14.8. The highest BCUT2D eigenvalue weighted by atomic mass is 32.1. The first-order valence-corrected chi connectivity index (χ1v) is 8.63. The van der Waals surface area contributed by atoms with E-state index < -0.39 is 17.3 Å². The standard InChI is InChI=1S/C19H23NO3S/c1-3-12(2)17(24)18(21)20-16(19(22)23)11-14-9-6-8-13-7-4-5-10-15(13)14/h4-10,12,16-17,24H,3,11H2,1-2H3,(H,20,21)(H,22,23)/t12-,16+,17+/m1/s1. The Kier molecular flexibility index (Phi) is 6.26. The summed E-state index contributed by atoms with van der Waals surface area (Å²) in [5.41, 5.74) is 0.903. The number of benzene rings is 2. The highest BCUT2D eigenvalue weighted by molar-refractivity contribution is 7.81. The quantitative estimate of drug-likeness (QED) is 0.675. The number of amides is 1. The van der Waals surface area contributed by atoms with Crippen molar-refractivity contribution in [1.82, 2.24) is 5.32 Å². The van der Waals surface area contributed by atoms with Crippen LogP contribution in [0, 0.1) is 5.92 Å². The fraction of sp³-hybridized carbons (Fsp3) is 0.368. The molecule has 1 amide bonds. The van der Waals surface area contributed by atoms with Gasteiger partial charge in [-0.15, -0.1) is 0 Å². The summed E-state index contributed by atoms with van der Waals surface area (Å²) in [6.45, 7) is 3.91. The highest BCUT2D eigenvalue weighted by Gasteiger charge is 2.26. The van der Waals surface area contributed by atoms with E-state index in [-0.39, 0.29) is 18.2 Å². The molecule has 5 heteroatoms. The predicted octanol–water partition coefficient (Wildman–Crippen LogP) is 3.30. The van der Waals surface area contributed by atoms with Crippen molar-refractivity contribution in [3.63, 3.8) is 0 Å². The first-order valence-electron chi connectivity index (χ1n) is 8.12. The molecule has 0 spiro atoms. The molecule has 0 saturated heterocycles. The largest absolute Gasteiger partial charge is 0.480 e. The lowest BCUT2D eigenvalue weighted by atomic mass is 9.98. The van der Waals surface area contributed by atoms with Gasteiger partial charge in [-0.05, 0) is 22.3 Å². The SMILES string of the molecule is CC[C@@H](C)[C@H](S)C(=O)N[C@@H](Cc1cccc2ccccc12)C(=O)O. The first kappa shape index (κ1) is 18.3. The minimum absolute atomic E-state index is 0.0836. The summed E-state index contributed by atoms with van der Waals surface area (Å²) in [4.78, 5) is 23.9. The van der Waals surface area contributed by atoms with Crippen molar-refractivity contribution < 1.29 is 14.7 Å². The van der Waals surface area contributed by atoms with Crippen molar-refractivity contribution in [2.24, 2.45) is 5.92 Å². The van der Waals surface area contributed by atoms with Gasteiger partial charge in [0.25, 0.3) is 0 Å². The summed E-state index contributed by atoms with van der Waals surface area (Å²) in [6.07, 6.45) is 1.05. The number of carbonyl (C=O) groups excluding carboxylic acids is 1. The van der Waals surface area contributed by atoms with Crippen LogP contribution < -0.4 is 5.32 Å². The van der Waals surface area contributed by atoms with E-state index in [9.17, 15) is 14.7 Å². The van der Waals surface area contributed by atoms with Crippen LogP contribution in [0.3, 0.4) is 0 Å². The zero-order chi connectivity index (χ0) is 17.7. The van der Waals surface area contributed by atoms with Crippen molar-refractivity contribution in [3.05, 3.63) is 48.0 Å². The predicted molar refractivity (Wildman–Crippen MR) is 99.4 cm³/mol. The summed E-state index contributed by atoms with van der Waals surface area (Å²) in [6, 6.07) is 12.6. The maximum Gasteiger partial charge on any atom is 0.326 e. The van der Waals surface area contributed by atoms with Gasteiger partial charge in [0.05, 0.1) is 5.25 Å². The van der Waals surface area contributed by atoms with E-state index in [1.165, 1.54) is 0 Å². The minimum atomic E-state index is -1.04. The molecule has 0 heterocycles. The van der Waals surface area contributed by atoms with Crippen molar-refractivity contribution in [3.8, 4) is 0 Å². The molecule has 128 valence electrons. The Hall–Kier alpha value is -2.01. The third kappa shape index (κ3) is 4.29. The van der Waals surface area contributed by atoms with E-state index in [4.69, 9.17) is 0 Å². The van der Waals surface area contributed by atoms with Gasteiger partial charge < -0.3 is 10.4 Å². The van der Waals surface area contributed by atoms with Gasteiger partial charge in [-0.1, -0.05) is 62.7 Å². The van der Waals surface area contributed by atoms with Crippen molar-refractivity contribution in [2.75, 3.05) is 0 Å². The third-order valence-electron chi connectivity index (χ3n) is 4.37. The number of fused-ring (bicyclic) bond motifs is 1. The summed E-state index contributed by atoms with van der Waals surface area (Å²) in [5, 5.41) is 13.7. The zero-order valence-electron chi connectivity index (χ0n) is 13.9. The lowest BCUT2D eigenvalue weighted by molar-refractivity contribution is -0.141. The molecule has 0 aliphatic carbocycles. The number of hydrogen-bond acceptors (Lipinski definition) is 3. The maximum atomic E-state index is 12.3. The number of carbonyl (C=O) groups is 2. The van der Waals surface area contributed by atoms with Gasteiger partial charge in [-0.2, -0.15) is 12.6 Å². The molecule has 2 aromatic carbocycles. The van der Waals surface area contributed by atoms with Gasteiger partial charge >= 0.3 is 5.97 Å². The molecule has 0 aliphatic rings. The normalized spacial score (nSPS) is 14.8. The maximum absolute atomic E-state index is 12.3. The highest BCUT2D eigenvalue weighted by Crippen LogP contribution is 2.20. The second-order valence-electron chi connectivity index (χ2n) is 6.07. The van der Waals surface area contributed by atoms with Crippen molar-refractivity contribution in [1.29, 1.82) is 0 Å². The molecule has 0 radical (unpaired) electrons. The van der Waals surface area contributed by atoms with E-state index in [1.807, 2.05) is 56.3 Å². The average Bonchev–Trinajstić information content (AvgIpc) is 2.59. The number of rotatable bonds is 7. The van der Waals surface area contributed by atoms with E-state index in [0.717, 1.165) is 22.8 Å². The fourth-order valence-corrected chi connectivity index (χ4v) is 2.91. The van der Waals surface area contributed by atoms with Gasteiger partial charge in [-0.25, -0.2) is 4.79 Å². The van der Waals surface area contributed by atoms with Crippen LogP contribution in [-0.4, -0.2) is 28.3 Å². The Morgan fingerprint density at radius 2 is 1.83 bits per heavy atom.